The Kier molecular flexibility index (Phi) is 8.80. The number of aromatic nitrogens is 1. The predicted octanol–water partition coefficient (Wildman–Crippen LogP) is 4.30. The Bertz CT molecular complexity index is 680. The standard InChI is InChI=1S/C15H18Cl2N4OS.ClH/c1-2-5-21(8-11-7-19-15(18)23-11)9-14(22)20-13-4-3-10(16)6-12(13)17;/h3-4,6-7H,2,5,8-9H2,1H3,(H2,18,19)(H,20,22);1H. The van der Waals surface area contributed by atoms with Gasteiger partial charge >= 0.3 is 0 Å². The molecule has 0 aliphatic rings. The highest BCUT2D eigenvalue weighted by Crippen LogP contribution is 2.25. The zero-order valence-electron chi connectivity index (χ0n) is 13.1. The highest BCUT2D eigenvalue weighted by molar-refractivity contribution is 7.15. The average Bonchev–Trinajstić information content (AvgIpc) is 2.87. The van der Waals surface area contributed by atoms with E-state index in [-0.39, 0.29) is 24.9 Å². The maximum absolute atomic E-state index is 12.2. The molecule has 5 nitrogen and oxygen atoms in total. The molecule has 132 valence electrons. The van der Waals surface area contributed by atoms with Crippen molar-refractivity contribution in [3.8, 4) is 0 Å². The van der Waals surface area contributed by atoms with Gasteiger partial charge in [-0.25, -0.2) is 4.98 Å². The minimum absolute atomic E-state index is 0. The van der Waals surface area contributed by atoms with Crippen LogP contribution in [0.3, 0.4) is 0 Å². The van der Waals surface area contributed by atoms with E-state index in [4.69, 9.17) is 28.9 Å². The molecule has 0 radical (unpaired) electrons. The second-order valence-corrected chi connectivity index (χ2v) is 7.04. The molecule has 24 heavy (non-hydrogen) atoms. The van der Waals surface area contributed by atoms with Gasteiger partial charge in [-0.1, -0.05) is 30.1 Å². The van der Waals surface area contributed by atoms with Crippen molar-refractivity contribution in [2.24, 2.45) is 0 Å². The summed E-state index contributed by atoms with van der Waals surface area (Å²) < 4.78 is 0. The van der Waals surface area contributed by atoms with E-state index in [9.17, 15) is 4.79 Å². The molecule has 0 aliphatic carbocycles. The van der Waals surface area contributed by atoms with E-state index in [1.807, 2.05) is 4.90 Å². The van der Waals surface area contributed by atoms with Gasteiger partial charge in [0.15, 0.2) is 5.13 Å². The van der Waals surface area contributed by atoms with Crippen molar-refractivity contribution in [1.82, 2.24) is 9.88 Å². The van der Waals surface area contributed by atoms with Crippen LogP contribution in [-0.2, 0) is 11.3 Å². The zero-order valence-corrected chi connectivity index (χ0v) is 16.2. The normalized spacial score (nSPS) is 10.5. The van der Waals surface area contributed by atoms with Gasteiger partial charge in [-0.05, 0) is 31.2 Å². The monoisotopic (exact) mass is 408 g/mol. The SMILES string of the molecule is CCCN(CC(=O)Nc1ccc(Cl)cc1Cl)Cc1cnc(N)s1.Cl. The van der Waals surface area contributed by atoms with Gasteiger partial charge in [0.25, 0.3) is 0 Å². The molecule has 0 aliphatic heterocycles. The van der Waals surface area contributed by atoms with Crippen LogP contribution in [0, 0.1) is 0 Å². The number of nitrogens with zero attached hydrogens (tertiary/aromatic N) is 2. The van der Waals surface area contributed by atoms with Gasteiger partial charge in [0.2, 0.25) is 5.91 Å². The third-order valence-corrected chi connectivity index (χ3v) is 4.42. The number of nitrogen functional groups attached to an aromatic ring is 1. The Hall–Kier alpha value is -1.05. The summed E-state index contributed by atoms with van der Waals surface area (Å²) in [6.45, 7) is 3.79. The molecule has 0 fully saturated rings. The largest absolute Gasteiger partial charge is 0.375 e. The summed E-state index contributed by atoms with van der Waals surface area (Å²) in [5.41, 5.74) is 6.20. The summed E-state index contributed by atoms with van der Waals surface area (Å²) in [5, 5.41) is 4.30. The van der Waals surface area contributed by atoms with Gasteiger partial charge in [-0.2, -0.15) is 0 Å². The maximum Gasteiger partial charge on any atom is 0.238 e. The highest BCUT2D eigenvalue weighted by Gasteiger charge is 2.13. The summed E-state index contributed by atoms with van der Waals surface area (Å²) in [7, 11) is 0. The average molecular weight is 410 g/mol. The summed E-state index contributed by atoms with van der Waals surface area (Å²) in [5.74, 6) is -0.125. The lowest BCUT2D eigenvalue weighted by Crippen LogP contribution is -2.33. The van der Waals surface area contributed by atoms with Gasteiger partial charge in [-0.15, -0.1) is 23.7 Å². The molecular weight excluding hydrogens is 391 g/mol. The Labute approximate surface area is 161 Å². The Morgan fingerprint density at radius 2 is 2.17 bits per heavy atom. The smallest absolute Gasteiger partial charge is 0.238 e. The highest BCUT2D eigenvalue weighted by atomic mass is 35.5. The molecule has 3 N–H and O–H groups in total. The topological polar surface area (TPSA) is 71.2 Å². The van der Waals surface area contributed by atoms with Gasteiger partial charge in [-0.3, -0.25) is 9.69 Å². The number of carbonyl (C=O) groups excluding carboxylic acids is 1. The van der Waals surface area contributed by atoms with E-state index in [1.165, 1.54) is 11.3 Å². The number of benzene rings is 1. The number of rotatable bonds is 7. The lowest BCUT2D eigenvalue weighted by atomic mass is 10.3. The number of nitrogens with two attached hydrogens (primary N) is 1. The number of anilines is 2. The van der Waals surface area contributed by atoms with Crippen LogP contribution in [0.25, 0.3) is 0 Å². The van der Waals surface area contributed by atoms with Crippen LogP contribution in [0.15, 0.2) is 24.4 Å². The minimum atomic E-state index is -0.125. The van der Waals surface area contributed by atoms with Crippen LogP contribution in [0.1, 0.15) is 18.2 Å². The van der Waals surface area contributed by atoms with Gasteiger partial charge in [0, 0.05) is 22.6 Å². The fraction of sp³-hybridized carbons (Fsp3) is 0.333. The number of nitrogens with one attached hydrogen (secondary N) is 1. The maximum atomic E-state index is 12.2. The van der Waals surface area contributed by atoms with Crippen molar-refractivity contribution in [2.45, 2.75) is 19.9 Å². The van der Waals surface area contributed by atoms with Crippen molar-refractivity contribution in [2.75, 3.05) is 24.1 Å². The molecule has 1 aromatic heterocycles. The molecule has 1 heterocycles. The second kappa shape index (κ2) is 10.1. The van der Waals surface area contributed by atoms with Crippen molar-refractivity contribution >= 4 is 63.7 Å². The first kappa shape index (κ1) is 21.0. The third kappa shape index (κ3) is 6.45. The summed E-state index contributed by atoms with van der Waals surface area (Å²) in [6, 6.07) is 4.98. The number of halogens is 3. The van der Waals surface area contributed by atoms with Crippen LogP contribution >= 0.6 is 46.9 Å². The molecule has 9 heteroatoms. The van der Waals surface area contributed by atoms with Gasteiger partial charge < -0.3 is 11.1 Å². The Morgan fingerprint density at radius 1 is 1.42 bits per heavy atom. The predicted molar refractivity (Wildman–Crippen MR) is 104 cm³/mol. The molecule has 2 rings (SSSR count). The fourth-order valence-corrected chi connectivity index (χ4v) is 3.31. The van der Waals surface area contributed by atoms with Crippen LogP contribution in [0.2, 0.25) is 10.0 Å². The molecule has 2 aromatic rings. The zero-order chi connectivity index (χ0) is 16.8. The number of hydrogen-bond donors (Lipinski definition) is 2. The van der Waals surface area contributed by atoms with E-state index < -0.39 is 0 Å². The van der Waals surface area contributed by atoms with Gasteiger partial charge in [0.05, 0.1) is 17.3 Å². The van der Waals surface area contributed by atoms with Crippen LogP contribution in [-0.4, -0.2) is 28.9 Å². The first-order valence-electron chi connectivity index (χ1n) is 7.15. The molecule has 0 saturated heterocycles. The molecular formula is C15H19Cl3N4OS. The molecule has 1 aromatic carbocycles. The third-order valence-electron chi connectivity index (χ3n) is 3.06. The molecule has 0 bridgehead atoms. The first-order valence-corrected chi connectivity index (χ1v) is 8.72. The van der Waals surface area contributed by atoms with Crippen LogP contribution < -0.4 is 11.1 Å². The fourth-order valence-electron chi connectivity index (χ4n) is 2.13. The Balaban J connectivity index is 0.00000288. The minimum Gasteiger partial charge on any atom is -0.375 e. The number of amides is 1. The quantitative estimate of drug-likeness (QED) is 0.715. The van der Waals surface area contributed by atoms with E-state index >= 15 is 0 Å². The van der Waals surface area contributed by atoms with Crippen molar-refractivity contribution in [3.05, 3.63) is 39.3 Å². The van der Waals surface area contributed by atoms with Crippen LogP contribution in [0.5, 0.6) is 0 Å². The van der Waals surface area contributed by atoms with Crippen molar-refractivity contribution < 1.29 is 4.79 Å². The molecule has 0 saturated carbocycles. The summed E-state index contributed by atoms with van der Waals surface area (Å²) >= 11 is 13.4. The van der Waals surface area contributed by atoms with Crippen molar-refractivity contribution in [1.29, 1.82) is 0 Å². The molecule has 0 spiro atoms. The van der Waals surface area contributed by atoms with E-state index in [0.29, 0.717) is 27.4 Å². The lowest BCUT2D eigenvalue weighted by molar-refractivity contribution is -0.117. The Morgan fingerprint density at radius 3 is 2.75 bits per heavy atom. The number of thiazole rings is 1. The molecule has 0 atom stereocenters. The van der Waals surface area contributed by atoms with E-state index in [0.717, 1.165) is 17.8 Å². The number of carbonyl (C=O) groups is 1. The number of hydrogen-bond acceptors (Lipinski definition) is 5. The first-order chi connectivity index (χ1) is 11.0. The lowest BCUT2D eigenvalue weighted by Gasteiger charge is -2.20. The van der Waals surface area contributed by atoms with E-state index in [2.05, 4.69) is 17.2 Å². The summed E-state index contributed by atoms with van der Waals surface area (Å²) in [6.07, 6.45) is 2.69. The molecule has 1 amide bonds. The van der Waals surface area contributed by atoms with E-state index in [1.54, 1.807) is 24.4 Å². The molecule has 0 unspecified atom stereocenters. The second-order valence-electron chi connectivity index (χ2n) is 5.05. The van der Waals surface area contributed by atoms with Crippen LogP contribution in [0.4, 0.5) is 10.8 Å². The van der Waals surface area contributed by atoms with Crippen molar-refractivity contribution in [3.63, 3.8) is 0 Å². The van der Waals surface area contributed by atoms with Gasteiger partial charge in [0.1, 0.15) is 0 Å². The summed E-state index contributed by atoms with van der Waals surface area (Å²) in [4.78, 5) is 19.4.